The van der Waals surface area contributed by atoms with Gasteiger partial charge in [0.1, 0.15) is 11.6 Å². The first-order valence-corrected chi connectivity index (χ1v) is 9.14. The van der Waals surface area contributed by atoms with Crippen LogP contribution in [0.2, 0.25) is 10.0 Å². The first kappa shape index (κ1) is 19.2. The van der Waals surface area contributed by atoms with Gasteiger partial charge in [-0.2, -0.15) is 5.26 Å². The van der Waals surface area contributed by atoms with Crippen molar-refractivity contribution >= 4 is 46.6 Å². The quantitative estimate of drug-likeness (QED) is 0.609. The largest absolute Gasteiger partial charge is 0.378 e. The summed E-state index contributed by atoms with van der Waals surface area (Å²) >= 11 is 12.2. The zero-order valence-corrected chi connectivity index (χ0v) is 15.9. The van der Waals surface area contributed by atoms with Gasteiger partial charge < -0.3 is 15.0 Å². The van der Waals surface area contributed by atoms with Gasteiger partial charge in [0.25, 0.3) is 5.91 Å². The summed E-state index contributed by atoms with van der Waals surface area (Å²) in [6.45, 7) is 3.09. The molecule has 1 fully saturated rings. The summed E-state index contributed by atoms with van der Waals surface area (Å²) in [6.07, 6.45) is 1.39. The van der Waals surface area contributed by atoms with Gasteiger partial charge in [-0.05, 0) is 42.5 Å². The van der Waals surface area contributed by atoms with Crippen molar-refractivity contribution in [3.05, 3.63) is 63.6 Å². The number of halogens is 2. The number of nitriles is 1. The van der Waals surface area contributed by atoms with Crippen LogP contribution in [-0.2, 0) is 9.53 Å². The standard InChI is InChI=1S/C20H17Cl2N3O2/c21-18-2-1-3-19(22)17(18)12-14(13-23)20(26)24-15-4-6-16(7-5-15)25-8-10-27-11-9-25/h1-7,12H,8-11H2,(H,24,26). The Balaban J connectivity index is 1.73. The minimum atomic E-state index is -0.521. The summed E-state index contributed by atoms with van der Waals surface area (Å²) in [5.41, 5.74) is 2.02. The number of hydrogen-bond donors (Lipinski definition) is 1. The maximum absolute atomic E-state index is 12.4. The highest BCUT2D eigenvalue weighted by Gasteiger charge is 2.14. The molecule has 1 saturated heterocycles. The van der Waals surface area contributed by atoms with E-state index >= 15 is 0 Å². The van der Waals surface area contributed by atoms with E-state index in [2.05, 4.69) is 10.2 Å². The number of ether oxygens (including phenoxy) is 1. The molecule has 0 atom stereocenters. The summed E-state index contributed by atoms with van der Waals surface area (Å²) in [7, 11) is 0. The van der Waals surface area contributed by atoms with E-state index < -0.39 is 5.91 Å². The van der Waals surface area contributed by atoms with Crippen molar-refractivity contribution in [2.75, 3.05) is 36.5 Å². The van der Waals surface area contributed by atoms with Gasteiger partial charge in [0, 0.05) is 40.1 Å². The van der Waals surface area contributed by atoms with Crippen LogP contribution in [0.4, 0.5) is 11.4 Å². The lowest BCUT2D eigenvalue weighted by Gasteiger charge is -2.28. The molecule has 1 heterocycles. The molecule has 2 aromatic rings. The van der Waals surface area contributed by atoms with Crippen molar-refractivity contribution < 1.29 is 9.53 Å². The van der Waals surface area contributed by atoms with E-state index in [1.807, 2.05) is 18.2 Å². The first-order chi connectivity index (χ1) is 13.1. The van der Waals surface area contributed by atoms with Crippen molar-refractivity contribution in [3.8, 4) is 6.07 Å². The molecule has 2 aromatic carbocycles. The molecule has 1 aliphatic rings. The molecule has 0 bridgehead atoms. The fourth-order valence-corrected chi connectivity index (χ4v) is 3.22. The van der Waals surface area contributed by atoms with Gasteiger partial charge in [-0.15, -0.1) is 0 Å². The average Bonchev–Trinajstić information content (AvgIpc) is 2.69. The molecule has 138 valence electrons. The van der Waals surface area contributed by atoms with E-state index in [0.717, 1.165) is 18.8 Å². The highest BCUT2D eigenvalue weighted by Crippen LogP contribution is 2.27. The predicted molar refractivity (Wildman–Crippen MR) is 108 cm³/mol. The molecule has 0 aromatic heterocycles. The Labute approximate surface area is 167 Å². The molecule has 0 saturated carbocycles. The Morgan fingerprint density at radius 1 is 1.11 bits per heavy atom. The zero-order chi connectivity index (χ0) is 19.2. The molecular formula is C20H17Cl2N3O2. The van der Waals surface area contributed by atoms with Crippen molar-refractivity contribution in [1.82, 2.24) is 0 Å². The maximum atomic E-state index is 12.4. The Morgan fingerprint density at radius 2 is 1.74 bits per heavy atom. The third-order valence-corrected chi connectivity index (χ3v) is 4.81. The van der Waals surface area contributed by atoms with Gasteiger partial charge in [0.2, 0.25) is 0 Å². The topological polar surface area (TPSA) is 65.4 Å². The third-order valence-electron chi connectivity index (χ3n) is 4.15. The Morgan fingerprint density at radius 3 is 2.33 bits per heavy atom. The summed E-state index contributed by atoms with van der Waals surface area (Å²) < 4.78 is 5.35. The molecule has 7 heteroatoms. The molecule has 27 heavy (non-hydrogen) atoms. The highest BCUT2D eigenvalue weighted by molar-refractivity contribution is 6.37. The summed E-state index contributed by atoms with van der Waals surface area (Å²) in [6, 6.07) is 14.4. The Kier molecular flexibility index (Phi) is 6.36. The van der Waals surface area contributed by atoms with Crippen LogP contribution in [0, 0.1) is 11.3 Å². The Bertz CT molecular complexity index is 878. The third kappa shape index (κ3) is 4.81. The lowest BCUT2D eigenvalue weighted by Crippen LogP contribution is -2.36. The van der Waals surface area contributed by atoms with E-state index in [1.54, 1.807) is 30.3 Å². The number of carbonyl (C=O) groups is 1. The lowest BCUT2D eigenvalue weighted by molar-refractivity contribution is -0.112. The van der Waals surface area contributed by atoms with Crippen LogP contribution in [0.1, 0.15) is 5.56 Å². The van der Waals surface area contributed by atoms with Crippen molar-refractivity contribution in [2.45, 2.75) is 0 Å². The van der Waals surface area contributed by atoms with Gasteiger partial charge in [0.15, 0.2) is 0 Å². The lowest BCUT2D eigenvalue weighted by atomic mass is 10.1. The second kappa shape index (κ2) is 8.92. The maximum Gasteiger partial charge on any atom is 0.266 e. The first-order valence-electron chi connectivity index (χ1n) is 8.38. The van der Waals surface area contributed by atoms with Crippen LogP contribution in [0.3, 0.4) is 0 Å². The number of morpholine rings is 1. The molecule has 0 unspecified atom stereocenters. The molecule has 1 N–H and O–H groups in total. The van der Waals surface area contributed by atoms with Gasteiger partial charge >= 0.3 is 0 Å². The van der Waals surface area contributed by atoms with E-state index in [9.17, 15) is 10.1 Å². The van der Waals surface area contributed by atoms with Crippen molar-refractivity contribution in [1.29, 1.82) is 5.26 Å². The summed E-state index contributed by atoms with van der Waals surface area (Å²) in [5.74, 6) is -0.521. The number of nitrogens with zero attached hydrogens (tertiary/aromatic N) is 2. The molecule has 5 nitrogen and oxygen atoms in total. The fourth-order valence-electron chi connectivity index (χ4n) is 2.72. The van der Waals surface area contributed by atoms with E-state index in [4.69, 9.17) is 27.9 Å². The smallest absolute Gasteiger partial charge is 0.266 e. The molecule has 0 radical (unpaired) electrons. The van der Waals surface area contributed by atoms with Gasteiger partial charge in [-0.3, -0.25) is 4.79 Å². The molecule has 0 aliphatic carbocycles. The average molecular weight is 402 g/mol. The number of amides is 1. The number of benzene rings is 2. The minimum Gasteiger partial charge on any atom is -0.378 e. The van der Waals surface area contributed by atoms with E-state index in [0.29, 0.717) is 34.5 Å². The Hall–Kier alpha value is -2.52. The molecule has 1 aliphatic heterocycles. The second-order valence-corrected chi connectivity index (χ2v) is 6.72. The number of rotatable bonds is 4. The monoisotopic (exact) mass is 401 g/mol. The summed E-state index contributed by atoms with van der Waals surface area (Å²) in [5, 5.41) is 12.8. The zero-order valence-electron chi connectivity index (χ0n) is 14.4. The van der Waals surface area contributed by atoms with Crippen LogP contribution in [-0.4, -0.2) is 32.2 Å². The molecule has 1 amide bonds. The molecule has 3 rings (SSSR count). The van der Waals surface area contributed by atoms with E-state index in [1.165, 1.54) is 6.08 Å². The van der Waals surface area contributed by atoms with Crippen molar-refractivity contribution in [2.24, 2.45) is 0 Å². The fraction of sp³-hybridized carbons (Fsp3) is 0.200. The highest BCUT2D eigenvalue weighted by atomic mass is 35.5. The van der Waals surface area contributed by atoms with Crippen LogP contribution < -0.4 is 10.2 Å². The van der Waals surface area contributed by atoms with Crippen molar-refractivity contribution in [3.63, 3.8) is 0 Å². The van der Waals surface area contributed by atoms with Gasteiger partial charge in [0.05, 0.1) is 13.2 Å². The van der Waals surface area contributed by atoms with Crippen LogP contribution >= 0.6 is 23.2 Å². The van der Waals surface area contributed by atoms with Gasteiger partial charge in [-0.25, -0.2) is 0 Å². The normalized spacial score (nSPS) is 14.6. The number of carbonyl (C=O) groups excluding carboxylic acids is 1. The van der Waals surface area contributed by atoms with Gasteiger partial charge in [-0.1, -0.05) is 29.3 Å². The van der Waals surface area contributed by atoms with Crippen LogP contribution in [0.5, 0.6) is 0 Å². The molecule has 0 spiro atoms. The summed E-state index contributed by atoms with van der Waals surface area (Å²) in [4.78, 5) is 14.7. The molecular weight excluding hydrogens is 385 g/mol. The SMILES string of the molecule is N#CC(=Cc1c(Cl)cccc1Cl)C(=O)Nc1ccc(N2CCOCC2)cc1. The van der Waals surface area contributed by atoms with Crippen LogP contribution in [0.15, 0.2) is 48.0 Å². The number of nitrogens with one attached hydrogen (secondary N) is 1. The van der Waals surface area contributed by atoms with Crippen LogP contribution in [0.25, 0.3) is 6.08 Å². The second-order valence-electron chi connectivity index (χ2n) is 5.91. The number of hydrogen-bond acceptors (Lipinski definition) is 4. The predicted octanol–water partition coefficient (Wildman–Crippen LogP) is 4.38. The number of anilines is 2. The minimum absolute atomic E-state index is 0.0812. The van der Waals surface area contributed by atoms with E-state index in [-0.39, 0.29) is 5.57 Å².